The number of ether oxygens (including phenoxy) is 2. The van der Waals surface area contributed by atoms with E-state index in [0.29, 0.717) is 11.3 Å². The van der Waals surface area contributed by atoms with Gasteiger partial charge >= 0.3 is 11.9 Å². The molecule has 1 fully saturated rings. The molecule has 0 radical (unpaired) electrons. The summed E-state index contributed by atoms with van der Waals surface area (Å²) in [5.41, 5.74) is 6.32. The van der Waals surface area contributed by atoms with E-state index in [1.54, 1.807) is 24.5 Å². The number of esters is 2. The molecule has 3 rings (SSSR count). The zero-order chi connectivity index (χ0) is 25.0. The van der Waals surface area contributed by atoms with Gasteiger partial charge in [0.2, 0.25) is 6.29 Å². The van der Waals surface area contributed by atoms with Gasteiger partial charge in [0.05, 0.1) is 0 Å². The van der Waals surface area contributed by atoms with Crippen LogP contribution in [-0.4, -0.2) is 69.9 Å². The lowest BCUT2D eigenvalue weighted by Crippen LogP contribution is -2.71. The maximum absolute atomic E-state index is 13.0. The Balaban J connectivity index is 1.79. The predicted octanol–water partition coefficient (Wildman–Crippen LogP) is 0.758. The van der Waals surface area contributed by atoms with Crippen LogP contribution in [0.15, 0.2) is 34.0 Å². The van der Waals surface area contributed by atoms with Crippen molar-refractivity contribution in [1.29, 1.82) is 0 Å². The standard InChI is InChI=1S/C20H23N5O7S2/c1-5-6-11-7-33-18-14(23-16(27)13(24-30-4)12-8-34-20(21)22-12)17(28)25(18)15(11)19(29)32-10(3)31-9(2)26/h5-6,8,10,14,18H,7H2,1-4H3,(H2,21,22)(H,23,27)/b6-5-,24-13-/t10?,14?,18-/m0/s1. The number of oxime groups is 1. The molecule has 0 aromatic carbocycles. The van der Waals surface area contributed by atoms with E-state index in [9.17, 15) is 19.2 Å². The molecule has 2 amide bonds. The van der Waals surface area contributed by atoms with Gasteiger partial charge in [0, 0.05) is 25.0 Å². The van der Waals surface area contributed by atoms with E-state index in [-0.39, 0.29) is 22.2 Å². The highest BCUT2D eigenvalue weighted by molar-refractivity contribution is 8.00. The largest absolute Gasteiger partial charge is 0.426 e. The predicted molar refractivity (Wildman–Crippen MR) is 124 cm³/mol. The minimum Gasteiger partial charge on any atom is -0.426 e. The third kappa shape index (κ3) is 5.22. The molecule has 1 saturated heterocycles. The number of β-lactam (4-membered cyclic amide) rings is 1. The Morgan fingerprint density at radius 3 is 2.71 bits per heavy atom. The molecule has 1 aromatic rings. The Morgan fingerprint density at radius 1 is 1.38 bits per heavy atom. The van der Waals surface area contributed by atoms with E-state index < -0.39 is 41.5 Å². The lowest BCUT2D eigenvalue weighted by Gasteiger charge is -2.49. The molecule has 3 N–H and O–H groups in total. The number of thioether (sulfide) groups is 1. The minimum absolute atomic E-state index is 0.0365. The summed E-state index contributed by atoms with van der Waals surface area (Å²) in [4.78, 5) is 59.9. The Hall–Kier alpha value is -3.39. The summed E-state index contributed by atoms with van der Waals surface area (Å²) in [6.45, 7) is 4.36. The first-order chi connectivity index (χ1) is 16.2. The Bertz CT molecular complexity index is 1100. The smallest absolute Gasteiger partial charge is 0.358 e. The highest BCUT2D eigenvalue weighted by Gasteiger charge is 2.54. The number of hydrogen-bond acceptors (Lipinski definition) is 12. The van der Waals surface area contributed by atoms with Crippen LogP contribution in [0.4, 0.5) is 5.13 Å². The van der Waals surface area contributed by atoms with Gasteiger partial charge in [-0.2, -0.15) is 0 Å². The Labute approximate surface area is 203 Å². The number of nitrogens with zero attached hydrogens (tertiary/aromatic N) is 3. The van der Waals surface area contributed by atoms with Crippen LogP contribution >= 0.6 is 23.1 Å². The molecule has 3 atom stereocenters. The average Bonchev–Trinajstić information content (AvgIpc) is 3.20. The van der Waals surface area contributed by atoms with Crippen molar-refractivity contribution in [3.63, 3.8) is 0 Å². The van der Waals surface area contributed by atoms with Crippen LogP contribution in [0, 0.1) is 0 Å². The number of amides is 2. The van der Waals surface area contributed by atoms with Crippen molar-refractivity contribution in [2.45, 2.75) is 38.5 Å². The van der Waals surface area contributed by atoms with E-state index in [1.165, 1.54) is 37.6 Å². The molecule has 0 aliphatic carbocycles. The number of anilines is 1. The van der Waals surface area contributed by atoms with Crippen LogP contribution < -0.4 is 11.1 Å². The number of allylic oxidation sites excluding steroid dienone is 2. The molecule has 1 aromatic heterocycles. The fourth-order valence-corrected chi connectivity index (χ4v) is 5.19. The number of hydrogen-bond donors (Lipinski definition) is 2. The molecule has 182 valence electrons. The SMILES string of the molecule is C/C=C\C1=C(C(=O)OC(C)OC(C)=O)N2C(=O)C(NC(=O)/C(=N\OC)c3csc(N)n3)[C@@H]2SC1. The van der Waals surface area contributed by atoms with E-state index in [1.807, 2.05) is 0 Å². The normalized spacial score (nSPS) is 21.0. The number of thiazole rings is 1. The fourth-order valence-electron chi connectivity index (χ4n) is 3.33. The van der Waals surface area contributed by atoms with Crippen LogP contribution in [0.5, 0.6) is 0 Å². The summed E-state index contributed by atoms with van der Waals surface area (Å²) in [5, 5.41) is 7.58. The zero-order valence-corrected chi connectivity index (χ0v) is 20.4. The van der Waals surface area contributed by atoms with Gasteiger partial charge in [-0.15, -0.1) is 23.1 Å². The number of nitrogens with one attached hydrogen (secondary N) is 1. The van der Waals surface area contributed by atoms with Gasteiger partial charge in [-0.05, 0) is 12.5 Å². The van der Waals surface area contributed by atoms with Gasteiger partial charge in [0.15, 0.2) is 10.8 Å². The molecule has 0 bridgehead atoms. The number of rotatable bonds is 8. The molecule has 3 heterocycles. The monoisotopic (exact) mass is 509 g/mol. The maximum atomic E-state index is 13.0. The van der Waals surface area contributed by atoms with Gasteiger partial charge in [0.25, 0.3) is 11.8 Å². The zero-order valence-electron chi connectivity index (χ0n) is 18.8. The van der Waals surface area contributed by atoms with E-state index >= 15 is 0 Å². The van der Waals surface area contributed by atoms with Crippen LogP contribution in [-0.2, 0) is 33.5 Å². The molecule has 2 aliphatic rings. The Kier molecular flexibility index (Phi) is 7.94. The molecule has 2 unspecified atom stereocenters. The second-order valence-corrected chi connectivity index (χ2v) is 9.01. The topological polar surface area (TPSA) is 163 Å². The number of carbonyl (C=O) groups excluding carboxylic acids is 4. The summed E-state index contributed by atoms with van der Waals surface area (Å²) < 4.78 is 10.1. The Morgan fingerprint density at radius 2 is 2.12 bits per heavy atom. The van der Waals surface area contributed by atoms with Crippen molar-refractivity contribution in [1.82, 2.24) is 15.2 Å². The minimum atomic E-state index is -1.14. The highest BCUT2D eigenvalue weighted by atomic mass is 32.2. The quantitative estimate of drug-likeness (QED) is 0.168. The van der Waals surface area contributed by atoms with Crippen molar-refractivity contribution < 1.29 is 33.5 Å². The molecular formula is C20H23N5O7S2. The third-order valence-electron chi connectivity index (χ3n) is 4.61. The number of nitrogen functional groups attached to an aromatic ring is 1. The van der Waals surface area contributed by atoms with Crippen molar-refractivity contribution in [2.24, 2.45) is 5.16 Å². The number of carbonyl (C=O) groups is 4. The van der Waals surface area contributed by atoms with Gasteiger partial charge < -0.3 is 25.4 Å². The molecule has 12 nitrogen and oxygen atoms in total. The van der Waals surface area contributed by atoms with Gasteiger partial charge in [-0.3, -0.25) is 19.3 Å². The third-order valence-corrected chi connectivity index (χ3v) is 6.59. The molecule has 34 heavy (non-hydrogen) atoms. The molecule has 14 heteroatoms. The van der Waals surface area contributed by atoms with Crippen LogP contribution in [0.2, 0.25) is 0 Å². The lowest BCUT2D eigenvalue weighted by molar-refractivity contribution is -0.182. The second-order valence-electron chi connectivity index (χ2n) is 7.01. The first-order valence-electron chi connectivity index (χ1n) is 10.00. The molecule has 0 saturated carbocycles. The van der Waals surface area contributed by atoms with Crippen LogP contribution in [0.25, 0.3) is 0 Å². The van der Waals surface area contributed by atoms with E-state index in [4.69, 9.17) is 20.0 Å². The lowest BCUT2D eigenvalue weighted by atomic mass is 10.0. The number of aromatic nitrogens is 1. The van der Waals surface area contributed by atoms with E-state index in [0.717, 1.165) is 11.3 Å². The van der Waals surface area contributed by atoms with Crippen molar-refractivity contribution >= 4 is 57.7 Å². The molecule has 0 spiro atoms. The summed E-state index contributed by atoms with van der Waals surface area (Å²) in [6, 6.07) is -0.920. The summed E-state index contributed by atoms with van der Waals surface area (Å²) >= 11 is 2.50. The number of nitrogens with two attached hydrogens (primary N) is 1. The number of fused-ring (bicyclic) bond motifs is 1. The highest BCUT2D eigenvalue weighted by Crippen LogP contribution is 2.41. The summed E-state index contributed by atoms with van der Waals surface area (Å²) in [7, 11) is 1.28. The molecule has 2 aliphatic heterocycles. The summed E-state index contributed by atoms with van der Waals surface area (Å²) in [6.07, 6.45) is 2.30. The van der Waals surface area contributed by atoms with E-state index in [2.05, 4.69) is 15.5 Å². The fraction of sp³-hybridized carbons (Fsp3) is 0.400. The molecular weight excluding hydrogens is 486 g/mol. The summed E-state index contributed by atoms with van der Waals surface area (Å²) in [5.74, 6) is -2.22. The average molecular weight is 510 g/mol. The maximum Gasteiger partial charge on any atom is 0.358 e. The van der Waals surface area contributed by atoms with Gasteiger partial charge in [-0.25, -0.2) is 9.78 Å². The van der Waals surface area contributed by atoms with Gasteiger partial charge in [-0.1, -0.05) is 17.3 Å². The van der Waals surface area contributed by atoms with Crippen LogP contribution in [0.1, 0.15) is 26.5 Å². The second kappa shape index (κ2) is 10.7. The van der Waals surface area contributed by atoms with Crippen molar-refractivity contribution in [3.05, 3.63) is 34.5 Å². The van der Waals surface area contributed by atoms with Gasteiger partial charge in [0.1, 0.15) is 29.9 Å². The van der Waals surface area contributed by atoms with Crippen molar-refractivity contribution in [3.8, 4) is 0 Å². The first kappa shape index (κ1) is 25.2. The van der Waals surface area contributed by atoms with Crippen LogP contribution in [0.3, 0.4) is 0 Å². The van der Waals surface area contributed by atoms with Crippen molar-refractivity contribution in [2.75, 3.05) is 18.6 Å². The first-order valence-corrected chi connectivity index (χ1v) is 11.9.